The summed E-state index contributed by atoms with van der Waals surface area (Å²) in [4.78, 5) is 22.6. The quantitative estimate of drug-likeness (QED) is 0.767. The molecule has 0 atom stereocenters. The van der Waals surface area contributed by atoms with E-state index in [0.29, 0.717) is 5.56 Å². The molecule has 0 saturated carbocycles. The third kappa shape index (κ3) is 1.66. The van der Waals surface area contributed by atoms with Crippen LogP contribution in [0.25, 0.3) is 0 Å². The lowest BCUT2D eigenvalue weighted by Crippen LogP contribution is -2.24. The van der Waals surface area contributed by atoms with Crippen LogP contribution in [0.5, 0.6) is 0 Å². The predicted octanol–water partition coefficient (Wildman–Crippen LogP) is 0.763. The monoisotopic (exact) mass is 218 g/mol. The molecule has 16 heavy (non-hydrogen) atoms. The number of fused-ring (bicyclic) bond motifs is 1. The molecule has 0 bridgehead atoms. The van der Waals surface area contributed by atoms with E-state index in [4.69, 9.17) is 11.5 Å². The van der Waals surface area contributed by atoms with Crippen molar-refractivity contribution in [1.82, 2.24) is 0 Å². The van der Waals surface area contributed by atoms with E-state index < -0.39 is 11.8 Å². The van der Waals surface area contributed by atoms with Gasteiger partial charge in [-0.05, 0) is 42.9 Å². The lowest BCUT2D eigenvalue weighted by Gasteiger charge is -2.19. The number of carbonyl (C=O) groups is 2. The molecule has 0 aromatic heterocycles. The number of rotatable bonds is 2. The second-order valence-corrected chi connectivity index (χ2v) is 4.06. The van der Waals surface area contributed by atoms with Crippen molar-refractivity contribution in [3.8, 4) is 0 Å². The topological polar surface area (TPSA) is 86.2 Å². The van der Waals surface area contributed by atoms with Crippen molar-refractivity contribution in [1.29, 1.82) is 0 Å². The average molecular weight is 218 g/mol. The van der Waals surface area contributed by atoms with Crippen LogP contribution in [-0.2, 0) is 12.8 Å². The maximum atomic E-state index is 11.4. The molecular weight excluding hydrogens is 204 g/mol. The first kappa shape index (κ1) is 10.7. The van der Waals surface area contributed by atoms with Crippen LogP contribution in [0.15, 0.2) is 12.1 Å². The van der Waals surface area contributed by atoms with Gasteiger partial charge in [-0.1, -0.05) is 6.07 Å². The molecule has 1 aromatic rings. The van der Waals surface area contributed by atoms with Gasteiger partial charge >= 0.3 is 0 Å². The van der Waals surface area contributed by atoms with Gasteiger partial charge in [-0.3, -0.25) is 9.59 Å². The standard InChI is InChI=1S/C12H14N2O2/c13-11(15)9-6-5-7-3-1-2-4-8(7)10(9)12(14)16/h5-6H,1-4H2,(H2,13,15)(H2,14,16). The highest BCUT2D eigenvalue weighted by molar-refractivity contribution is 6.07. The summed E-state index contributed by atoms with van der Waals surface area (Å²) in [6.45, 7) is 0. The van der Waals surface area contributed by atoms with Crippen LogP contribution in [0.4, 0.5) is 0 Å². The number of aryl methyl sites for hydroxylation is 1. The predicted molar refractivity (Wildman–Crippen MR) is 60.1 cm³/mol. The summed E-state index contributed by atoms with van der Waals surface area (Å²) in [6.07, 6.45) is 3.87. The Morgan fingerprint density at radius 3 is 2.31 bits per heavy atom. The van der Waals surface area contributed by atoms with Gasteiger partial charge in [0.05, 0.1) is 11.1 Å². The Hall–Kier alpha value is -1.84. The first-order valence-electron chi connectivity index (χ1n) is 5.35. The minimum atomic E-state index is -0.595. The van der Waals surface area contributed by atoms with Gasteiger partial charge in [0, 0.05) is 0 Å². The number of amides is 2. The number of hydrogen-bond acceptors (Lipinski definition) is 2. The molecule has 2 amide bonds. The van der Waals surface area contributed by atoms with Crippen molar-refractivity contribution >= 4 is 11.8 Å². The summed E-state index contributed by atoms with van der Waals surface area (Å²) in [5.74, 6) is -1.16. The van der Waals surface area contributed by atoms with Crippen LogP contribution < -0.4 is 11.5 Å². The molecule has 0 heterocycles. The fraction of sp³-hybridized carbons (Fsp3) is 0.333. The van der Waals surface area contributed by atoms with Gasteiger partial charge in [-0.15, -0.1) is 0 Å². The van der Waals surface area contributed by atoms with Crippen LogP contribution in [-0.4, -0.2) is 11.8 Å². The van der Waals surface area contributed by atoms with E-state index in [9.17, 15) is 9.59 Å². The molecule has 0 radical (unpaired) electrons. The van der Waals surface area contributed by atoms with Gasteiger partial charge in [-0.25, -0.2) is 0 Å². The molecule has 0 aliphatic heterocycles. The molecule has 1 aliphatic rings. The molecule has 0 spiro atoms. The largest absolute Gasteiger partial charge is 0.366 e. The van der Waals surface area contributed by atoms with E-state index in [1.165, 1.54) is 0 Å². The third-order valence-corrected chi connectivity index (χ3v) is 3.04. The molecule has 84 valence electrons. The van der Waals surface area contributed by atoms with Crippen LogP contribution in [0.3, 0.4) is 0 Å². The van der Waals surface area contributed by atoms with Crippen molar-refractivity contribution in [2.45, 2.75) is 25.7 Å². The van der Waals surface area contributed by atoms with Crippen LogP contribution >= 0.6 is 0 Å². The number of benzene rings is 1. The number of carbonyl (C=O) groups excluding carboxylic acids is 2. The molecule has 1 aromatic carbocycles. The Kier molecular flexibility index (Phi) is 2.64. The fourth-order valence-corrected chi connectivity index (χ4v) is 2.31. The highest BCUT2D eigenvalue weighted by Gasteiger charge is 2.21. The first-order valence-corrected chi connectivity index (χ1v) is 5.35. The lowest BCUT2D eigenvalue weighted by atomic mass is 9.85. The second-order valence-electron chi connectivity index (χ2n) is 4.06. The Balaban J connectivity index is 2.66. The summed E-state index contributed by atoms with van der Waals surface area (Å²) in [6, 6.07) is 3.48. The maximum Gasteiger partial charge on any atom is 0.249 e. The van der Waals surface area contributed by atoms with Crippen LogP contribution in [0, 0.1) is 0 Å². The summed E-state index contributed by atoms with van der Waals surface area (Å²) in [7, 11) is 0. The highest BCUT2D eigenvalue weighted by atomic mass is 16.2. The zero-order valence-electron chi connectivity index (χ0n) is 8.95. The zero-order chi connectivity index (χ0) is 11.7. The molecule has 1 aliphatic carbocycles. The smallest absolute Gasteiger partial charge is 0.249 e. The number of primary amides is 2. The third-order valence-electron chi connectivity index (χ3n) is 3.04. The maximum absolute atomic E-state index is 11.4. The molecule has 0 saturated heterocycles. The summed E-state index contributed by atoms with van der Waals surface area (Å²) >= 11 is 0. The van der Waals surface area contributed by atoms with Gasteiger partial charge in [0.2, 0.25) is 11.8 Å². The van der Waals surface area contributed by atoms with E-state index in [1.54, 1.807) is 6.07 Å². The summed E-state index contributed by atoms with van der Waals surface area (Å²) in [5, 5.41) is 0. The number of hydrogen-bond donors (Lipinski definition) is 2. The Morgan fingerprint density at radius 1 is 1.00 bits per heavy atom. The highest BCUT2D eigenvalue weighted by Crippen LogP contribution is 2.26. The molecule has 4 N–H and O–H groups in total. The van der Waals surface area contributed by atoms with Crippen LogP contribution in [0.2, 0.25) is 0 Å². The van der Waals surface area contributed by atoms with Gasteiger partial charge in [-0.2, -0.15) is 0 Å². The minimum Gasteiger partial charge on any atom is -0.366 e. The normalized spacial score (nSPS) is 14.2. The molecule has 2 rings (SSSR count). The molecule has 4 nitrogen and oxygen atoms in total. The zero-order valence-corrected chi connectivity index (χ0v) is 8.95. The van der Waals surface area contributed by atoms with Crippen molar-refractivity contribution in [2.75, 3.05) is 0 Å². The minimum absolute atomic E-state index is 0.244. The Morgan fingerprint density at radius 2 is 1.69 bits per heavy atom. The van der Waals surface area contributed by atoms with Crippen LogP contribution in [0.1, 0.15) is 44.7 Å². The van der Waals surface area contributed by atoms with Crippen molar-refractivity contribution in [2.24, 2.45) is 11.5 Å². The summed E-state index contributed by atoms with van der Waals surface area (Å²) < 4.78 is 0. The fourth-order valence-electron chi connectivity index (χ4n) is 2.31. The molecule has 4 heteroatoms. The van der Waals surface area contributed by atoms with E-state index >= 15 is 0 Å². The van der Waals surface area contributed by atoms with E-state index in [-0.39, 0.29) is 5.56 Å². The molecule has 0 unspecified atom stereocenters. The van der Waals surface area contributed by atoms with Gasteiger partial charge in [0.1, 0.15) is 0 Å². The SMILES string of the molecule is NC(=O)c1ccc2c(c1C(N)=O)CCCC2. The molecule has 0 fully saturated rings. The van der Waals surface area contributed by atoms with E-state index in [1.807, 2.05) is 6.07 Å². The average Bonchev–Trinajstić information content (AvgIpc) is 2.27. The number of nitrogens with two attached hydrogens (primary N) is 2. The first-order chi connectivity index (χ1) is 7.61. The van der Waals surface area contributed by atoms with Crippen molar-refractivity contribution < 1.29 is 9.59 Å². The van der Waals surface area contributed by atoms with Crippen molar-refractivity contribution in [3.05, 3.63) is 34.4 Å². The van der Waals surface area contributed by atoms with Crippen molar-refractivity contribution in [3.63, 3.8) is 0 Å². The summed E-state index contributed by atoms with van der Waals surface area (Å²) in [5.41, 5.74) is 13.2. The molecular formula is C12H14N2O2. The Labute approximate surface area is 93.6 Å². The van der Waals surface area contributed by atoms with E-state index in [2.05, 4.69) is 0 Å². The Bertz CT molecular complexity index is 466. The van der Waals surface area contributed by atoms with Gasteiger partial charge < -0.3 is 11.5 Å². The van der Waals surface area contributed by atoms with Gasteiger partial charge in [0.25, 0.3) is 0 Å². The lowest BCUT2D eigenvalue weighted by molar-refractivity contribution is 0.0966. The van der Waals surface area contributed by atoms with E-state index in [0.717, 1.165) is 36.8 Å². The van der Waals surface area contributed by atoms with Gasteiger partial charge in [0.15, 0.2) is 0 Å². The second kappa shape index (κ2) is 3.96.